The number of aliphatic imine (C=N–C) groups is 1. The van der Waals surface area contributed by atoms with Gasteiger partial charge in [0.25, 0.3) is 0 Å². The second-order valence-corrected chi connectivity index (χ2v) is 5.62. The van der Waals surface area contributed by atoms with Crippen LogP contribution in [0.2, 0.25) is 0 Å². The van der Waals surface area contributed by atoms with Gasteiger partial charge in [-0.05, 0) is 40.2 Å². The van der Waals surface area contributed by atoms with Gasteiger partial charge in [-0.25, -0.2) is 0 Å². The number of nitrogens with one attached hydrogen (secondary N) is 1. The van der Waals surface area contributed by atoms with Gasteiger partial charge in [0.1, 0.15) is 5.75 Å². The van der Waals surface area contributed by atoms with Crippen LogP contribution in [0.15, 0.2) is 50.3 Å². The first-order valence-corrected chi connectivity index (χ1v) is 7.19. The molecule has 98 valence electrons. The highest BCUT2D eigenvalue weighted by molar-refractivity contribution is 9.11. The van der Waals surface area contributed by atoms with E-state index < -0.39 is 0 Å². The summed E-state index contributed by atoms with van der Waals surface area (Å²) in [6.45, 7) is 0. The molecule has 0 saturated heterocycles. The Morgan fingerprint density at radius 2 is 1.95 bits per heavy atom. The fourth-order valence-electron chi connectivity index (χ4n) is 1.62. The SMILES string of the molecule is CNc1ccccc1N=Cc1cc(Br)cc(Br)c1O. The number of anilines is 1. The van der Waals surface area contributed by atoms with Crippen LogP contribution in [0.25, 0.3) is 0 Å². The molecule has 2 N–H and O–H groups in total. The van der Waals surface area contributed by atoms with E-state index >= 15 is 0 Å². The van der Waals surface area contributed by atoms with Crippen molar-refractivity contribution in [1.29, 1.82) is 0 Å². The standard InChI is InChI=1S/C14H12Br2N2O/c1-17-12-4-2-3-5-13(12)18-8-9-6-10(15)7-11(16)14(9)19/h2-8,17,19H,1H3. The molecule has 0 aliphatic carbocycles. The number of benzene rings is 2. The third-order valence-corrected chi connectivity index (χ3v) is 3.64. The van der Waals surface area contributed by atoms with Crippen molar-refractivity contribution in [3.05, 3.63) is 50.9 Å². The molecule has 0 amide bonds. The molecule has 0 fully saturated rings. The van der Waals surface area contributed by atoms with Crippen LogP contribution in [0.3, 0.4) is 0 Å². The van der Waals surface area contributed by atoms with Crippen LogP contribution in [0, 0.1) is 0 Å². The maximum absolute atomic E-state index is 9.95. The first kappa shape index (κ1) is 14.1. The summed E-state index contributed by atoms with van der Waals surface area (Å²) in [6, 6.07) is 11.3. The molecule has 0 radical (unpaired) electrons. The summed E-state index contributed by atoms with van der Waals surface area (Å²) in [5.41, 5.74) is 2.40. The summed E-state index contributed by atoms with van der Waals surface area (Å²) < 4.78 is 1.51. The number of para-hydroxylation sites is 2. The third kappa shape index (κ3) is 3.36. The Bertz CT molecular complexity index is 627. The van der Waals surface area contributed by atoms with Crippen LogP contribution in [0.5, 0.6) is 5.75 Å². The van der Waals surface area contributed by atoms with Crippen LogP contribution >= 0.6 is 31.9 Å². The zero-order valence-electron chi connectivity index (χ0n) is 10.2. The molecule has 0 heterocycles. The van der Waals surface area contributed by atoms with Crippen molar-refractivity contribution in [3.8, 4) is 5.75 Å². The quantitative estimate of drug-likeness (QED) is 0.754. The molecule has 2 aromatic carbocycles. The maximum atomic E-state index is 9.95. The second-order valence-electron chi connectivity index (χ2n) is 3.85. The minimum Gasteiger partial charge on any atom is -0.506 e. The lowest BCUT2D eigenvalue weighted by Crippen LogP contribution is -1.88. The third-order valence-electron chi connectivity index (χ3n) is 2.57. The van der Waals surface area contributed by atoms with Gasteiger partial charge >= 0.3 is 0 Å². The van der Waals surface area contributed by atoms with Crippen LogP contribution in [0.4, 0.5) is 11.4 Å². The fourth-order valence-corrected chi connectivity index (χ4v) is 2.88. The molecule has 5 heteroatoms. The van der Waals surface area contributed by atoms with Crippen molar-refractivity contribution in [2.45, 2.75) is 0 Å². The van der Waals surface area contributed by atoms with E-state index in [0.29, 0.717) is 10.0 Å². The van der Waals surface area contributed by atoms with E-state index in [4.69, 9.17) is 0 Å². The number of phenolic OH excluding ortho intramolecular Hbond substituents is 1. The van der Waals surface area contributed by atoms with Crippen molar-refractivity contribution in [1.82, 2.24) is 0 Å². The summed E-state index contributed by atoms with van der Waals surface area (Å²) in [6.07, 6.45) is 1.64. The number of phenols is 1. The number of halogens is 2. The Labute approximate surface area is 128 Å². The van der Waals surface area contributed by atoms with E-state index in [9.17, 15) is 5.11 Å². The van der Waals surface area contributed by atoms with Crippen molar-refractivity contribution in [2.24, 2.45) is 4.99 Å². The Kier molecular flexibility index (Phi) is 4.61. The first-order chi connectivity index (χ1) is 9.11. The topological polar surface area (TPSA) is 44.6 Å². The molecule has 0 atom stereocenters. The van der Waals surface area contributed by atoms with Gasteiger partial charge in [-0.15, -0.1) is 0 Å². The van der Waals surface area contributed by atoms with Gasteiger partial charge in [-0.1, -0.05) is 28.1 Å². The molecule has 0 saturated carbocycles. The minimum absolute atomic E-state index is 0.175. The van der Waals surface area contributed by atoms with Crippen molar-refractivity contribution >= 4 is 49.4 Å². The molecule has 0 aromatic heterocycles. The predicted octanol–water partition coefficient (Wildman–Crippen LogP) is 4.71. The highest BCUT2D eigenvalue weighted by Gasteiger charge is 2.05. The van der Waals surface area contributed by atoms with Crippen molar-refractivity contribution in [3.63, 3.8) is 0 Å². The monoisotopic (exact) mass is 382 g/mol. The number of aromatic hydroxyl groups is 1. The van der Waals surface area contributed by atoms with Crippen LogP contribution in [0.1, 0.15) is 5.56 Å². The normalized spacial score (nSPS) is 10.9. The lowest BCUT2D eigenvalue weighted by molar-refractivity contribution is 0.471. The molecule has 2 aromatic rings. The van der Waals surface area contributed by atoms with Crippen LogP contribution < -0.4 is 5.32 Å². The van der Waals surface area contributed by atoms with E-state index in [-0.39, 0.29) is 5.75 Å². The van der Waals surface area contributed by atoms with Crippen molar-refractivity contribution < 1.29 is 5.11 Å². The summed E-state index contributed by atoms with van der Waals surface area (Å²) in [5, 5.41) is 13.0. The lowest BCUT2D eigenvalue weighted by atomic mass is 10.2. The highest BCUT2D eigenvalue weighted by Crippen LogP contribution is 2.31. The molecular weight excluding hydrogens is 372 g/mol. The second kappa shape index (κ2) is 6.21. The smallest absolute Gasteiger partial charge is 0.138 e. The minimum atomic E-state index is 0.175. The Morgan fingerprint density at radius 1 is 1.21 bits per heavy atom. The number of hydrogen-bond acceptors (Lipinski definition) is 3. The van der Waals surface area contributed by atoms with E-state index in [2.05, 4.69) is 42.2 Å². The number of nitrogens with zero attached hydrogens (tertiary/aromatic N) is 1. The van der Waals surface area contributed by atoms with Gasteiger partial charge in [-0.2, -0.15) is 0 Å². The van der Waals surface area contributed by atoms with Crippen LogP contribution in [-0.2, 0) is 0 Å². The number of rotatable bonds is 3. The molecule has 0 bridgehead atoms. The van der Waals surface area contributed by atoms with E-state index in [1.165, 1.54) is 0 Å². The Hall–Kier alpha value is -1.33. The van der Waals surface area contributed by atoms with E-state index in [1.807, 2.05) is 37.4 Å². The molecule has 2 rings (SSSR count). The van der Waals surface area contributed by atoms with Gasteiger partial charge in [0.15, 0.2) is 0 Å². The molecule has 0 aliphatic rings. The molecule has 0 aliphatic heterocycles. The number of hydrogen-bond donors (Lipinski definition) is 2. The van der Waals surface area contributed by atoms with Gasteiger partial charge in [-0.3, -0.25) is 4.99 Å². The van der Waals surface area contributed by atoms with Gasteiger partial charge in [0.2, 0.25) is 0 Å². The van der Waals surface area contributed by atoms with Gasteiger partial charge in [0, 0.05) is 23.3 Å². The Morgan fingerprint density at radius 3 is 2.68 bits per heavy atom. The molecule has 19 heavy (non-hydrogen) atoms. The highest BCUT2D eigenvalue weighted by atomic mass is 79.9. The zero-order chi connectivity index (χ0) is 13.8. The van der Waals surface area contributed by atoms with Gasteiger partial charge in [0.05, 0.1) is 15.8 Å². The fraction of sp³-hybridized carbons (Fsp3) is 0.0714. The summed E-state index contributed by atoms with van der Waals surface area (Å²) >= 11 is 6.68. The largest absolute Gasteiger partial charge is 0.506 e. The zero-order valence-corrected chi connectivity index (χ0v) is 13.4. The van der Waals surface area contributed by atoms with Crippen molar-refractivity contribution in [2.75, 3.05) is 12.4 Å². The predicted molar refractivity (Wildman–Crippen MR) is 86.7 cm³/mol. The maximum Gasteiger partial charge on any atom is 0.138 e. The molecule has 0 spiro atoms. The lowest BCUT2D eigenvalue weighted by Gasteiger charge is -2.05. The Balaban J connectivity index is 2.38. The molecule has 0 unspecified atom stereocenters. The molecular formula is C14H12Br2N2O. The molecule has 3 nitrogen and oxygen atoms in total. The average molecular weight is 384 g/mol. The van der Waals surface area contributed by atoms with Crippen LogP contribution in [-0.4, -0.2) is 18.4 Å². The summed E-state index contributed by atoms with van der Waals surface area (Å²) in [5.74, 6) is 0.175. The van der Waals surface area contributed by atoms with E-state index in [0.717, 1.165) is 15.8 Å². The summed E-state index contributed by atoms with van der Waals surface area (Å²) in [4.78, 5) is 4.40. The first-order valence-electron chi connectivity index (χ1n) is 5.60. The average Bonchev–Trinajstić information content (AvgIpc) is 2.41. The van der Waals surface area contributed by atoms with E-state index in [1.54, 1.807) is 12.3 Å². The summed E-state index contributed by atoms with van der Waals surface area (Å²) in [7, 11) is 1.85. The van der Waals surface area contributed by atoms with Gasteiger partial charge < -0.3 is 10.4 Å².